The zero-order valence-electron chi connectivity index (χ0n) is 34.6. The maximum Gasteiger partial charge on any atom is 0.306 e. The van der Waals surface area contributed by atoms with Crippen molar-refractivity contribution >= 4 is 11.9 Å². The van der Waals surface area contributed by atoms with Crippen molar-refractivity contribution in [1.29, 1.82) is 0 Å². The molecule has 0 saturated carbocycles. The Kier molecular flexibility index (Phi) is 41.6. The van der Waals surface area contributed by atoms with Crippen molar-refractivity contribution in [3.05, 3.63) is 48.6 Å². The quantitative estimate of drug-likeness (QED) is 0.0387. The molecule has 0 aliphatic heterocycles. The highest BCUT2D eigenvalue weighted by molar-refractivity contribution is 5.69. The number of allylic oxidation sites excluding steroid dienone is 8. The Morgan fingerprint density at radius 3 is 1.19 bits per heavy atom. The molecule has 0 aromatic heterocycles. The first-order chi connectivity index (χ1) is 25.6. The summed E-state index contributed by atoms with van der Waals surface area (Å²) in [6.45, 7) is 4.52. The Morgan fingerprint density at radius 1 is 0.423 bits per heavy atom. The molecule has 0 rings (SSSR count). The molecular weight excluding hydrogens is 641 g/mol. The molecule has 1 unspecified atom stereocenters. The Morgan fingerprint density at radius 2 is 0.750 bits per heavy atom. The van der Waals surface area contributed by atoms with E-state index < -0.39 is 5.97 Å². The van der Waals surface area contributed by atoms with Gasteiger partial charge in [-0.3, -0.25) is 9.59 Å². The monoisotopic (exact) mass is 727 g/mol. The number of unbranched alkanes of at least 4 members (excludes halogenated alkanes) is 24. The van der Waals surface area contributed by atoms with Crippen LogP contribution in [-0.4, -0.2) is 23.1 Å². The fourth-order valence-electron chi connectivity index (χ4n) is 6.70. The average Bonchev–Trinajstić information content (AvgIpc) is 3.13. The van der Waals surface area contributed by atoms with Gasteiger partial charge in [0.05, 0.1) is 0 Å². The first-order valence-corrected chi connectivity index (χ1v) is 22.6. The van der Waals surface area contributed by atoms with Crippen LogP contribution in [0.15, 0.2) is 48.6 Å². The van der Waals surface area contributed by atoms with Gasteiger partial charge in [-0.25, -0.2) is 0 Å². The van der Waals surface area contributed by atoms with E-state index in [0.717, 1.165) is 77.0 Å². The summed E-state index contributed by atoms with van der Waals surface area (Å²) in [6.07, 6.45) is 58.6. The van der Waals surface area contributed by atoms with Gasteiger partial charge in [-0.15, -0.1) is 0 Å². The Bertz CT molecular complexity index is 870. The second-order valence-corrected chi connectivity index (χ2v) is 15.2. The van der Waals surface area contributed by atoms with E-state index in [1.807, 2.05) is 0 Å². The number of carboxylic acid groups (broad SMARTS) is 1. The molecule has 0 fully saturated rings. The van der Waals surface area contributed by atoms with Gasteiger partial charge in [0.2, 0.25) is 0 Å². The Hall–Kier alpha value is -2.10. The number of hydrogen-bond acceptors (Lipinski definition) is 3. The first-order valence-electron chi connectivity index (χ1n) is 22.6. The lowest BCUT2D eigenvalue weighted by Crippen LogP contribution is -2.18. The first kappa shape index (κ1) is 49.9. The van der Waals surface area contributed by atoms with Crippen LogP contribution in [0.25, 0.3) is 0 Å². The van der Waals surface area contributed by atoms with E-state index in [0.29, 0.717) is 12.8 Å². The van der Waals surface area contributed by atoms with Crippen molar-refractivity contribution < 1.29 is 19.4 Å². The molecule has 0 amide bonds. The van der Waals surface area contributed by atoms with Crippen LogP contribution < -0.4 is 0 Å². The van der Waals surface area contributed by atoms with Gasteiger partial charge >= 0.3 is 11.9 Å². The highest BCUT2D eigenvalue weighted by Gasteiger charge is 2.14. The standard InChI is InChI=1S/C48H86O4/c1-3-5-7-9-11-13-14-15-16-17-18-19-20-21-22-23-24-29-33-37-41-45-48(51)52-46(42-38-34-30-12-10-8-6-4-2)43-39-35-31-27-25-26-28-32-36-40-44-47(49)50/h11,13,15-16,18-19,21-22,46H,3-10,12,14,17,20,23-45H2,1-2H3,(H,49,50)/b13-11-,16-15-,19-18-,22-21-. The van der Waals surface area contributed by atoms with Gasteiger partial charge < -0.3 is 9.84 Å². The van der Waals surface area contributed by atoms with Crippen molar-refractivity contribution in [2.75, 3.05) is 0 Å². The van der Waals surface area contributed by atoms with Crippen LogP contribution in [0.3, 0.4) is 0 Å². The molecule has 0 radical (unpaired) electrons. The van der Waals surface area contributed by atoms with Crippen molar-refractivity contribution in [1.82, 2.24) is 0 Å². The SMILES string of the molecule is CCCCC/C=C\C/C=C\C/C=C\C/C=C\CCCCCCCC(=O)OC(CCCCCCCCCC)CCCCCCCCCCCCC(=O)O. The Labute approximate surface area is 323 Å². The minimum atomic E-state index is -0.675. The maximum atomic E-state index is 12.8. The molecule has 0 aliphatic rings. The van der Waals surface area contributed by atoms with E-state index in [-0.39, 0.29) is 12.1 Å². The van der Waals surface area contributed by atoms with Crippen LogP contribution >= 0.6 is 0 Å². The van der Waals surface area contributed by atoms with Gasteiger partial charge in [-0.2, -0.15) is 0 Å². The lowest BCUT2D eigenvalue weighted by Gasteiger charge is -2.18. The minimum absolute atomic E-state index is 0.0223. The number of aliphatic carboxylic acids is 1. The molecule has 4 heteroatoms. The third-order valence-electron chi connectivity index (χ3n) is 10.1. The van der Waals surface area contributed by atoms with Crippen LogP contribution in [0.2, 0.25) is 0 Å². The summed E-state index contributed by atoms with van der Waals surface area (Å²) in [7, 11) is 0. The zero-order chi connectivity index (χ0) is 37.8. The number of rotatable bonds is 41. The van der Waals surface area contributed by atoms with E-state index in [2.05, 4.69) is 62.5 Å². The largest absolute Gasteiger partial charge is 0.481 e. The topological polar surface area (TPSA) is 63.6 Å². The van der Waals surface area contributed by atoms with Crippen molar-refractivity contribution in [3.8, 4) is 0 Å². The second-order valence-electron chi connectivity index (χ2n) is 15.2. The second kappa shape index (κ2) is 43.3. The summed E-state index contributed by atoms with van der Waals surface area (Å²) in [5.74, 6) is -0.653. The fourth-order valence-corrected chi connectivity index (χ4v) is 6.70. The molecule has 0 aromatic carbocycles. The van der Waals surface area contributed by atoms with E-state index >= 15 is 0 Å². The molecule has 4 nitrogen and oxygen atoms in total. The average molecular weight is 727 g/mol. The van der Waals surface area contributed by atoms with Crippen LogP contribution in [-0.2, 0) is 14.3 Å². The van der Waals surface area contributed by atoms with E-state index in [4.69, 9.17) is 9.84 Å². The van der Waals surface area contributed by atoms with Crippen LogP contribution in [0.1, 0.15) is 239 Å². The van der Waals surface area contributed by atoms with Gasteiger partial charge in [0.25, 0.3) is 0 Å². The van der Waals surface area contributed by atoms with Crippen molar-refractivity contribution in [2.24, 2.45) is 0 Å². The molecule has 0 heterocycles. The highest BCUT2D eigenvalue weighted by atomic mass is 16.5. The molecular formula is C48H86O4. The summed E-state index contributed by atoms with van der Waals surface area (Å²) in [5.41, 5.74) is 0. The van der Waals surface area contributed by atoms with Gasteiger partial charge in [0.1, 0.15) is 6.10 Å². The number of carbonyl (C=O) groups is 2. The van der Waals surface area contributed by atoms with Crippen molar-refractivity contribution in [2.45, 2.75) is 245 Å². The number of ether oxygens (including phenoxy) is 1. The number of hydrogen-bond donors (Lipinski definition) is 1. The fraction of sp³-hybridized carbons (Fsp3) is 0.792. The number of esters is 1. The molecule has 1 atom stereocenters. The summed E-state index contributed by atoms with van der Waals surface area (Å²) < 4.78 is 6.06. The predicted octanol–water partition coefficient (Wildman–Crippen LogP) is 15.9. The van der Waals surface area contributed by atoms with Crippen LogP contribution in [0.4, 0.5) is 0 Å². The summed E-state index contributed by atoms with van der Waals surface area (Å²) >= 11 is 0. The van der Waals surface area contributed by atoms with E-state index in [1.54, 1.807) is 0 Å². The summed E-state index contributed by atoms with van der Waals surface area (Å²) in [5, 5.41) is 8.74. The van der Waals surface area contributed by atoms with Crippen LogP contribution in [0.5, 0.6) is 0 Å². The zero-order valence-corrected chi connectivity index (χ0v) is 34.6. The van der Waals surface area contributed by atoms with Crippen molar-refractivity contribution in [3.63, 3.8) is 0 Å². The summed E-state index contributed by atoms with van der Waals surface area (Å²) in [6, 6.07) is 0. The van der Waals surface area contributed by atoms with Gasteiger partial charge in [0.15, 0.2) is 0 Å². The molecule has 0 aliphatic carbocycles. The third-order valence-corrected chi connectivity index (χ3v) is 10.1. The minimum Gasteiger partial charge on any atom is -0.481 e. The summed E-state index contributed by atoms with van der Waals surface area (Å²) in [4.78, 5) is 23.4. The van der Waals surface area contributed by atoms with Crippen LogP contribution in [0, 0.1) is 0 Å². The Balaban J connectivity index is 4.03. The van der Waals surface area contributed by atoms with Gasteiger partial charge in [-0.1, -0.05) is 191 Å². The van der Waals surface area contributed by atoms with E-state index in [1.165, 1.54) is 135 Å². The van der Waals surface area contributed by atoms with Gasteiger partial charge in [-0.05, 0) is 83.5 Å². The molecule has 52 heavy (non-hydrogen) atoms. The van der Waals surface area contributed by atoms with E-state index in [9.17, 15) is 9.59 Å². The van der Waals surface area contributed by atoms with Gasteiger partial charge in [0, 0.05) is 12.8 Å². The molecule has 0 spiro atoms. The number of carboxylic acids is 1. The molecule has 1 N–H and O–H groups in total. The lowest BCUT2D eigenvalue weighted by atomic mass is 10.0. The lowest BCUT2D eigenvalue weighted by molar-refractivity contribution is -0.150. The number of carbonyl (C=O) groups excluding carboxylic acids is 1. The molecule has 0 aromatic rings. The molecule has 0 bridgehead atoms. The highest BCUT2D eigenvalue weighted by Crippen LogP contribution is 2.19. The molecule has 302 valence electrons. The third kappa shape index (κ3) is 42.3. The molecule has 0 saturated heterocycles. The smallest absolute Gasteiger partial charge is 0.306 e. The maximum absolute atomic E-state index is 12.8. The normalized spacial score (nSPS) is 12.7. The predicted molar refractivity (Wildman–Crippen MR) is 227 cm³/mol.